The monoisotopic (exact) mass is 506 g/mol. The van der Waals surface area contributed by atoms with Gasteiger partial charge in [0.2, 0.25) is 0 Å². The number of nitrogens with zero attached hydrogens (tertiary/aromatic N) is 1. The van der Waals surface area contributed by atoms with Gasteiger partial charge in [0.25, 0.3) is 0 Å². The normalized spacial score (nSPS) is 17.2. The van der Waals surface area contributed by atoms with Crippen LogP contribution < -0.4 is 10.1 Å². The van der Waals surface area contributed by atoms with Crippen molar-refractivity contribution in [3.05, 3.63) is 47.3 Å². The van der Waals surface area contributed by atoms with Gasteiger partial charge in [0.15, 0.2) is 5.60 Å². The molecule has 0 spiro atoms. The number of hydrogen-bond acceptors (Lipinski definition) is 8. The van der Waals surface area contributed by atoms with E-state index in [0.29, 0.717) is 18.6 Å². The van der Waals surface area contributed by atoms with Crippen LogP contribution >= 0.6 is 0 Å². The van der Waals surface area contributed by atoms with E-state index in [0.717, 1.165) is 30.2 Å². The number of para-hydroxylation sites is 1. The number of aliphatic carboxylic acids is 3. The highest BCUT2D eigenvalue weighted by atomic mass is 16.5. The highest BCUT2D eigenvalue weighted by molar-refractivity contribution is 5.88. The number of carbonyl (C=O) groups is 3. The molecule has 0 unspecified atom stereocenters. The van der Waals surface area contributed by atoms with Gasteiger partial charge in [-0.3, -0.25) is 9.59 Å². The van der Waals surface area contributed by atoms with Crippen LogP contribution in [0.15, 0.2) is 34.9 Å². The van der Waals surface area contributed by atoms with E-state index in [1.54, 1.807) is 0 Å². The second kappa shape index (κ2) is 13.6. The lowest BCUT2D eigenvalue weighted by Crippen LogP contribution is -2.42. The summed E-state index contributed by atoms with van der Waals surface area (Å²) >= 11 is 0. The number of hydrogen-bond donors (Lipinski definition) is 5. The number of aromatic nitrogens is 1. The summed E-state index contributed by atoms with van der Waals surface area (Å²) in [5.41, 5.74) is -0.541. The SMILES string of the molecule is CCOc1ccccc1CN[C@@H]1CCC[C@H]1Cc1cc(C)no1.O=C(O)CC(O)(CC(=O)O)C(=O)O. The summed E-state index contributed by atoms with van der Waals surface area (Å²) in [6.07, 6.45) is 2.45. The smallest absolute Gasteiger partial charge is 0.336 e. The van der Waals surface area contributed by atoms with Gasteiger partial charge < -0.3 is 35.0 Å². The van der Waals surface area contributed by atoms with Crippen LogP contribution in [0, 0.1) is 12.8 Å². The summed E-state index contributed by atoms with van der Waals surface area (Å²) in [4.78, 5) is 30.5. The fraction of sp³-hybridized carbons (Fsp3) is 0.520. The molecule has 0 radical (unpaired) electrons. The van der Waals surface area contributed by atoms with Crippen molar-refractivity contribution in [1.29, 1.82) is 0 Å². The van der Waals surface area contributed by atoms with E-state index in [1.165, 1.54) is 24.8 Å². The maximum atomic E-state index is 10.3. The van der Waals surface area contributed by atoms with Crippen molar-refractivity contribution >= 4 is 17.9 Å². The number of ether oxygens (including phenoxy) is 1. The minimum absolute atomic E-state index is 0.537. The quantitative estimate of drug-likeness (QED) is 0.286. The minimum Gasteiger partial charge on any atom is -0.494 e. The number of aryl methyl sites for hydroxylation is 1. The summed E-state index contributed by atoms with van der Waals surface area (Å²) in [6.45, 7) is 5.55. The summed E-state index contributed by atoms with van der Waals surface area (Å²) in [5.74, 6) is -2.39. The fourth-order valence-corrected chi connectivity index (χ4v) is 4.22. The van der Waals surface area contributed by atoms with Crippen LogP contribution in [0.25, 0.3) is 0 Å². The molecule has 2 atom stereocenters. The first kappa shape index (κ1) is 28.8. The summed E-state index contributed by atoms with van der Waals surface area (Å²) in [6, 6.07) is 10.9. The first-order valence-corrected chi connectivity index (χ1v) is 11.8. The molecule has 0 bridgehead atoms. The Bertz CT molecular complexity index is 1000. The van der Waals surface area contributed by atoms with E-state index < -0.39 is 36.4 Å². The van der Waals surface area contributed by atoms with E-state index in [4.69, 9.17) is 29.7 Å². The number of rotatable bonds is 12. The van der Waals surface area contributed by atoms with Crippen LogP contribution in [0.4, 0.5) is 0 Å². The van der Waals surface area contributed by atoms with Gasteiger partial charge in [0, 0.05) is 30.6 Å². The van der Waals surface area contributed by atoms with Crippen LogP contribution in [-0.4, -0.2) is 61.7 Å². The predicted octanol–water partition coefficient (Wildman–Crippen LogP) is 2.63. The minimum atomic E-state index is -2.74. The topological polar surface area (TPSA) is 179 Å². The average molecular weight is 507 g/mol. The molecular formula is C25H34N2O9. The second-order valence-corrected chi connectivity index (χ2v) is 8.84. The van der Waals surface area contributed by atoms with Gasteiger partial charge in [0.05, 0.1) is 25.1 Å². The molecule has 11 heteroatoms. The maximum absolute atomic E-state index is 10.3. The third-order valence-electron chi connectivity index (χ3n) is 5.91. The molecule has 1 fully saturated rings. The lowest BCUT2D eigenvalue weighted by molar-refractivity contribution is -0.170. The van der Waals surface area contributed by atoms with Crippen molar-refractivity contribution in [2.45, 2.75) is 70.6 Å². The molecule has 11 nitrogen and oxygen atoms in total. The molecule has 1 aliphatic rings. The van der Waals surface area contributed by atoms with Crippen LogP contribution in [0.2, 0.25) is 0 Å². The molecule has 5 N–H and O–H groups in total. The van der Waals surface area contributed by atoms with Crippen LogP contribution in [0.1, 0.15) is 56.0 Å². The summed E-state index contributed by atoms with van der Waals surface area (Å²) < 4.78 is 11.1. The molecule has 0 amide bonds. The van der Waals surface area contributed by atoms with Crippen molar-refractivity contribution in [2.75, 3.05) is 6.61 Å². The maximum Gasteiger partial charge on any atom is 0.336 e. The Morgan fingerprint density at radius 3 is 2.36 bits per heavy atom. The van der Waals surface area contributed by atoms with E-state index in [1.807, 2.05) is 26.0 Å². The third-order valence-corrected chi connectivity index (χ3v) is 5.91. The van der Waals surface area contributed by atoms with Gasteiger partial charge in [0.1, 0.15) is 11.5 Å². The summed E-state index contributed by atoms with van der Waals surface area (Å²) in [5, 5.41) is 41.5. The first-order valence-electron chi connectivity index (χ1n) is 11.8. The molecule has 1 aromatic carbocycles. The van der Waals surface area contributed by atoms with Gasteiger partial charge in [-0.1, -0.05) is 29.8 Å². The Labute approximate surface area is 209 Å². The van der Waals surface area contributed by atoms with Gasteiger partial charge >= 0.3 is 17.9 Å². The molecule has 1 heterocycles. The lowest BCUT2D eigenvalue weighted by Gasteiger charge is -2.21. The largest absolute Gasteiger partial charge is 0.494 e. The van der Waals surface area contributed by atoms with Crippen LogP contribution in [-0.2, 0) is 27.3 Å². The molecule has 1 saturated carbocycles. The van der Waals surface area contributed by atoms with E-state index in [9.17, 15) is 14.4 Å². The lowest BCUT2D eigenvalue weighted by atomic mass is 9.96. The van der Waals surface area contributed by atoms with Crippen molar-refractivity contribution in [3.63, 3.8) is 0 Å². The molecule has 0 saturated heterocycles. The van der Waals surface area contributed by atoms with Gasteiger partial charge in [-0.15, -0.1) is 0 Å². The van der Waals surface area contributed by atoms with Crippen LogP contribution in [0.5, 0.6) is 5.75 Å². The Morgan fingerprint density at radius 2 is 1.81 bits per heavy atom. The van der Waals surface area contributed by atoms with Crippen molar-refractivity contribution in [1.82, 2.24) is 10.5 Å². The molecule has 1 aromatic heterocycles. The number of aliphatic hydroxyl groups is 1. The van der Waals surface area contributed by atoms with Crippen molar-refractivity contribution in [2.24, 2.45) is 5.92 Å². The Kier molecular flexibility index (Phi) is 10.9. The zero-order valence-corrected chi connectivity index (χ0v) is 20.5. The van der Waals surface area contributed by atoms with E-state index >= 15 is 0 Å². The molecule has 198 valence electrons. The molecule has 36 heavy (non-hydrogen) atoms. The Balaban J connectivity index is 0.000000302. The predicted molar refractivity (Wildman–Crippen MR) is 128 cm³/mol. The number of carboxylic acid groups (broad SMARTS) is 3. The van der Waals surface area contributed by atoms with E-state index in [2.05, 4.69) is 28.7 Å². The van der Waals surface area contributed by atoms with Gasteiger partial charge in [-0.05, 0) is 38.7 Å². The van der Waals surface area contributed by atoms with Crippen molar-refractivity contribution < 1.29 is 44.1 Å². The first-order chi connectivity index (χ1) is 17.0. The zero-order valence-electron chi connectivity index (χ0n) is 20.5. The standard InChI is InChI=1S/C19H26N2O2.C6H8O7/c1-3-22-19-10-5-4-7-16(19)13-20-18-9-6-8-15(18)12-17-11-14(2)21-23-17;7-3(8)1-6(13,5(11)12)2-4(9)10/h4-5,7,10-11,15,18,20H,3,6,8-9,12-13H2,1-2H3;13H,1-2H2,(H,7,8)(H,9,10)(H,11,12)/t15-,18+;/m0./s1. The number of carboxylic acids is 3. The molecule has 3 rings (SSSR count). The van der Waals surface area contributed by atoms with Crippen molar-refractivity contribution in [3.8, 4) is 5.75 Å². The van der Waals surface area contributed by atoms with Gasteiger partial charge in [-0.2, -0.15) is 0 Å². The second-order valence-electron chi connectivity index (χ2n) is 8.84. The average Bonchev–Trinajstić information content (AvgIpc) is 3.41. The molecule has 0 aliphatic heterocycles. The van der Waals surface area contributed by atoms with Crippen LogP contribution in [0.3, 0.4) is 0 Å². The van der Waals surface area contributed by atoms with E-state index in [-0.39, 0.29) is 0 Å². The fourth-order valence-electron chi connectivity index (χ4n) is 4.22. The molecule has 1 aliphatic carbocycles. The Hall–Kier alpha value is -3.44. The molecular weight excluding hydrogens is 472 g/mol. The van der Waals surface area contributed by atoms with Gasteiger partial charge in [-0.25, -0.2) is 4.79 Å². The number of benzene rings is 1. The summed E-state index contributed by atoms with van der Waals surface area (Å²) in [7, 11) is 0. The highest BCUT2D eigenvalue weighted by Gasteiger charge is 2.40. The highest BCUT2D eigenvalue weighted by Crippen LogP contribution is 2.30. The zero-order chi connectivity index (χ0) is 26.7. The Morgan fingerprint density at radius 1 is 1.14 bits per heavy atom. The number of nitrogens with one attached hydrogen (secondary N) is 1. The third kappa shape index (κ3) is 8.97. The molecule has 2 aromatic rings.